The molecule has 1 aliphatic heterocycles. The summed E-state index contributed by atoms with van der Waals surface area (Å²) in [5, 5.41) is 0.631. The van der Waals surface area contributed by atoms with E-state index < -0.39 is 5.91 Å². The Balaban J connectivity index is 1.70. The van der Waals surface area contributed by atoms with Crippen molar-refractivity contribution in [3.05, 3.63) is 45.9 Å². The first-order valence-corrected chi connectivity index (χ1v) is 9.17. The largest absolute Gasteiger partial charge is 0.490 e. The predicted molar refractivity (Wildman–Crippen MR) is 95.8 cm³/mol. The molecule has 132 valence electrons. The summed E-state index contributed by atoms with van der Waals surface area (Å²) in [7, 11) is 0. The zero-order chi connectivity index (χ0) is 17.8. The van der Waals surface area contributed by atoms with Crippen molar-refractivity contribution >= 4 is 34.8 Å². The van der Waals surface area contributed by atoms with Gasteiger partial charge in [0, 0.05) is 36.9 Å². The molecule has 1 aliphatic rings. The van der Waals surface area contributed by atoms with Crippen LogP contribution in [0.25, 0.3) is 0 Å². The number of nitrogens with two attached hydrogens (primary N) is 1. The molecule has 2 atom stereocenters. The molecule has 25 heavy (non-hydrogen) atoms. The molecular weight excluding hydrogens is 362 g/mol. The van der Waals surface area contributed by atoms with E-state index in [4.69, 9.17) is 22.1 Å². The van der Waals surface area contributed by atoms with E-state index in [0.717, 1.165) is 0 Å². The monoisotopic (exact) mass is 379 g/mol. The lowest BCUT2D eigenvalue weighted by Gasteiger charge is -2.38. The molecule has 2 N–H and O–H groups in total. The van der Waals surface area contributed by atoms with Crippen molar-refractivity contribution in [1.82, 2.24) is 9.88 Å². The molecule has 2 aromatic rings. The number of nitrogens with zero attached hydrogens (tertiary/aromatic N) is 2. The van der Waals surface area contributed by atoms with Crippen molar-refractivity contribution < 1.29 is 14.3 Å². The van der Waals surface area contributed by atoms with E-state index >= 15 is 0 Å². The zero-order valence-corrected chi connectivity index (χ0v) is 15.0. The number of primary amides is 1. The maximum absolute atomic E-state index is 12.5. The van der Waals surface area contributed by atoms with Gasteiger partial charge >= 0.3 is 0 Å². The highest BCUT2D eigenvalue weighted by molar-refractivity contribution is 7.11. The van der Waals surface area contributed by atoms with Gasteiger partial charge in [0.2, 0.25) is 5.91 Å². The number of amides is 2. The van der Waals surface area contributed by atoms with E-state index in [1.807, 2.05) is 0 Å². The summed E-state index contributed by atoms with van der Waals surface area (Å²) in [6.45, 7) is 0.988. The normalized spacial score (nSPS) is 20.3. The number of benzene rings is 1. The highest BCUT2D eigenvalue weighted by Gasteiger charge is 2.34. The van der Waals surface area contributed by atoms with Crippen molar-refractivity contribution in [3.8, 4) is 5.75 Å². The van der Waals surface area contributed by atoms with Gasteiger partial charge in [-0.15, -0.1) is 11.3 Å². The van der Waals surface area contributed by atoms with Crippen LogP contribution in [0.2, 0.25) is 5.02 Å². The quantitative estimate of drug-likeness (QED) is 0.865. The fourth-order valence-corrected chi connectivity index (χ4v) is 3.68. The number of carbonyl (C=O) groups is 2. The molecule has 0 bridgehead atoms. The molecule has 0 radical (unpaired) electrons. The summed E-state index contributed by atoms with van der Waals surface area (Å²) in [6.07, 6.45) is 2.18. The van der Waals surface area contributed by atoms with Gasteiger partial charge in [0.25, 0.3) is 5.91 Å². The third-order valence-corrected chi connectivity index (χ3v) is 5.17. The van der Waals surface area contributed by atoms with Crippen LogP contribution in [-0.2, 0) is 4.79 Å². The Hall–Kier alpha value is -2.12. The minimum atomic E-state index is -0.401. The second-order valence-electron chi connectivity index (χ2n) is 5.95. The van der Waals surface area contributed by atoms with Crippen molar-refractivity contribution in [2.75, 3.05) is 13.1 Å². The Bertz CT molecular complexity index is 736. The molecule has 0 saturated carbocycles. The van der Waals surface area contributed by atoms with Gasteiger partial charge in [-0.1, -0.05) is 11.6 Å². The number of ether oxygens (including phenoxy) is 1. The van der Waals surface area contributed by atoms with Crippen LogP contribution < -0.4 is 10.5 Å². The molecule has 3 rings (SSSR count). The predicted octanol–water partition coefficient (Wildman–Crippen LogP) is 2.58. The molecule has 6 nitrogen and oxygen atoms in total. The Morgan fingerprint density at radius 2 is 2.12 bits per heavy atom. The second kappa shape index (κ2) is 7.84. The van der Waals surface area contributed by atoms with E-state index in [1.165, 1.54) is 11.3 Å². The minimum Gasteiger partial charge on any atom is -0.490 e. The van der Waals surface area contributed by atoms with Crippen molar-refractivity contribution in [2.45, 2.75) is 18.9 Å². The molecule has 0 spiro atoms. The third kappa shape index (κ3) is 4.49. The Kier molecular flexibility index (Phi) is 5.55. The van der Waals surface area contributed by atoms with Gasteiger partial charge in [-0.3, -0.25) is 14.6 Å². The van der Waals surface area contributed by atoms with Crippen LogP contribution in [0.4, 0.5) is 0 Å². The summed E-state index contributed by atoms with van der Waals surface area (Å²) < 4.78 is 6.03. The van der Waals surface area contributed by atoms with Crippen LogP contribution in [0.1, 0.15) is 22.5 Å². The molecule has 0 unspecified atom stereocenters. The number of likely N-dealkylation sites (tertiary alicyclic amines) is 1. The molecular formula is C17H18ClN3O3S. The average Bonchev–Trinajstić information content (AvgIpc) is 3.12. The SMILES string of the molecule is NC(=O)C[C@H]1CN(C(=O)c2cncs2)CC[C@@H]1Oc1ccc(Cl)cc1. The number of rotatable bonds is 5. The average molecular weight is 380 g/mol. The van der Waals surface area contributed by atoms with Crippen LogP contribution in [0.15, 0.2) is 36.0 Å². The van der Waals surface area contributed by atoms with Gasteiger partial charge in [0.05, 0.1) is 11.7 Å². The van der Waals surface area contributed by atoms with E-state index in [-0.39, 0.29) is 24.3 Å². The van der Waals surface area contributed by atoms with Crippen molar-refractivity contribution in [2.24, 2.45) is 11.7 Å². The number of halogens is 1. The fourth-order valence-electron chi connectivity index (χ4n) is 2.97. The summed E-state index contributed by atoms with van der Waals surface area (Å²) in [4.78, 5) is 30.2. The Morgan fingerprint density at radius 1 is 1.36 bits per heavy atom. The van der Waals surface area contributed by atoms with Crippen molar-refractivity contribution in [3.63, 3.8) is 0 Å². The van der Waals surface area contributed by atoms with Gasteiger partial charge in [-0.2, -0.15) is 0 Å². The highest BCUT2D eigenvalue weighted by atomic mass is 35.5. The smallest absolute Gasteiger partial charge is 0.265 e. The van der Waals surface area contributed by atoms with Gasteiger partial charge in [-0.25, -0.2) is 0 Å². The molecule has 2 heterocycles. The molecule has 2 amide bonds. The lowest BCUT2D eigenvalue weighted by molar-refractivity contribution is -0.120. The number of aromatic nitrogens is 1. The zero-order valence-electron chi connectivity index (χ0n) is 13.4. The Morgan fingerprint density at radius 3 is 2.76 bits per heavy atom. The molecule has 1 saturated heterocycles. The minimum absolute atomic E-state index is 0.0677. The molecule has 1 fully saturated rings. The lowest BCUT2D eigenvalue weighted by atomic mass is 9.91. The summed E-state index contributed by atoms with van der Waals surface area (Å²) in [6, 6.07) is 7.09. The number of hydrogen-bond acceptors (Lipinski definition) is 5. The number of thiazole rings is 1. The van der Waals surface area contributed by atoms with Gasteiger partial charge in [-0.05, 0) is 24.3 Å². The van der Waals surface area contributed by atoms with Gasteiger partial charge < -0.3 is 15.4 Å². The topological polar surface area (TPSA) is 85.5 Å². The van der Waals surface area contributed by atoms with E-state index in [9.17, 15) is 9.59 Å². The first kappa shape index (κ1) is 17.7. The number of carbonyl (C=O) groups excluding carboxylic acids is 2. The van der Waals surface area contributed by atoms with Gasteiger partial charge in [0.15, 0.2) is 0 Å². The van der Waals surface area contributed by atoms with Crippen LogP contribution in [0.3, 0.4) is 0 Å². The molecule has 8 heteroatoms. The standard InChI is InChI=1S/C17H18ClN3O3S/c18-12-1-3-13(4-2-12)24-14-5-6-21(9-11(14)7-16(19)22)17(23)15-8-20-10-25-15/h1-4,8,10-11,14H,5-7,9H2,(H2,19,22)/t11-,14-/m0/s1. The third-order valence-electron chi connectivity index (χ3n) is 4.16. The van der Waals surface area contributed by atoms with Crippen molar-refractivity contribution in [1.29, 1.82) is 0 Å². The number of piperidine rings is 1. The van der Waals surface area contributed by atoms with Crippen LogP contribution in [-0.4, -0.2) is 40.9 Å². The summed E-state index contributed by atoms with van der Waals surface area (Å²) in [5.74, 6) is 0.0635. The van der Waals surface area contributed by atoms with Crippen LogP contribution in [0, 0.1) is 5.92 Å². The van der Waals surface area contributed by atoms with E-state index in [2.05, 4.69) is 4.98 Å². The second-order valence-corrected chi connectivity index (χ2v) is 7.27. The first-order chi connectivity index (χ1) is 12.0. The van der Waals surface area contributed by atoms with Crippen LogP contribution >= 0.6 is 22.9 Å². The summed E-state index contributed by atoms with van der Waals surface area (Å²) >= 11 is 7.20. The van der Waals surface area contributed by atoms with Crippen LogP contribution in [0.5, 0.6) is 5.75 Å². The molecule has 1 aromatic heterocycles. The first-order valence-electron chi connectivity index (χ1n) is 7.91. The van der Waals surface area contributed by atoms with E-state index in [1.54, 1.807) is 40.9 Å². The van der Waals surface area contributed by atoms with Gasteiger partial charge in [0.1, 0.15) is 16.7 Å². The number of hydrogen-bond donors (Lipinski definition) is 1. The molecule has 0 aliphatic carbocycles. The molecule has 1 aromatic carbocycles. The maximum atomic E-state index is 12.5. The maximum Gasteiger partial charge on any atom is 0.265 e. The lowest BCUT2D eigenvalue weighted by Crippen LogP contribution is -2.48. The highest BCUT2D eigenvalue weighted by Crippen LogP contribution is 2.27. The fraction of sp³-hybridized carbons (Fsp3) is 0.353. The Labute approximate surface area is 154 Å². The van der Waals surface area contributed by atoms with E-state index in [0.29, 0.717) is 35.2 Å². The summed E-state index contributed by atoms with van der Waals surface area (Å²) in [5.41, 5.74) is 7.02.